The van der Waals surface area contributed by atoms with Gasteiger partial charge in [0.2, 0.25) is 0 Å². The van der Waals surface area contributed by atoms with Crippen LogP contribution in [0.1, 0.15) is 43.1 Å². The Kier molecular flexibility index (Phi) is 4.37. The van der Waals surface area contributed by atoms with Crippen molar-refractivity contribution in [2.24, 2.45) is 0 Å². The molecule has 24 heavy (non-hydrogen) atoms. The van der Waals surface area contributed by atoms with Crippen molar-refractivity contribution in [3.63, 3.8) is 0 Å². The van der Waals surface area contributed by atoms with Crippen molar-refractivity contribution in [2.45, 2.75) is 51.7 Å². The molecule has 0 radical (unpaired) electrons. The lowest BCUT2D eigenvalue weighted by Gasteiger charge is -2.27. The summed E-state index contributed by atoms with van der Waals surface area (Å²) in [6.45, 7) is 6.17. The van der Waals surface area contributed by atoms with Gasteiger partial charge >= 0.3 is 0 Å². The average molecular weight is 328 g/mol. The summed E-state index contributed by atoms with van der Waals surface area (Å²) in [5.41, 5.74) is 4.54. The third kappa shape index (κ3) is 3.23. The normalized spacial score (nSPS) is 17.9. The maximum Gasteiger partial charge on any atom is 0.125 e. The van der Waals surface area contributed by atoms with Gasteiger partial charge in [0.05, 0.1) is 17.1 Å². The summed E-state index contributed by atoms with van der Waals surface area (Å²) < 4.78 is 15.6. The Bertz CT molecular complexity index is 720. The van der Waals surface area contributed by atoms with Crippen molar-refractivity contribution in [1.29, 1.82) is 0 Å². The fourth-order valence-corrected chi connectivity index (χ4v) is 3.54. The molecule has 0 atom stereocenters. The van der Waals surface area contributed by atoms with Gasteiger partial charge < -0.3 is 5.32 Å². The molecule has 128 valence electrons. The van der Waals surface area contributed by atoms with Crippen molar-refractivity contribution < 1.29 is 4.39 Å². The van der Waals surface area contributed by atoms with E-state index in [-0.39, 0.29) is 5.82 Å². The number of rotatable bonds is 6. The average Bonchev–Trinajstić information content (AvgIpc) is 3.34. The van der Waals surface area contributed by atoms with Gasteiger partial charge in [-0.25, -0.2) is 9.07 Å². The number of benzene rings is 1. The monoisotopic (exact) mass is 328 g/mol. The first kappa shape index (κ1) is 15.8. The molecule has 1 aliphatic carbocycles. The van der Waals surface area contributed by atoms with Crippen LogP contribution >= 0.6 is 0 Å². The molecule has 0 unspecified atom stereocenters. The first-order chi connectivity index (χ1) is 11.7. The number of hydrogen-bond acceptors (Lipinski definition) is 3. The minimum absolute atomic E-state index is 0.210. The molecule has 1 fully saturated rings. The molecule has 2 heterocycles. The second kappa shape index (κ2) is 6.65. The molecule has 1 aliphatic heterocycles. The summed E-state index contributed by atoms with van der Waals surface area (Å²) in [6.07, 6.45) is 4.69. The summed E-state index contributed by atoms with van der Waals surface area (Å²) in [6, 6.07) is 7.41. The maximum atomic E-state index is 13.7. The molecular formula is C19H25FN4. The van der Waals surface area contributed by atoms with Gasteiger partial charge in [0, 0.05) is 37.7 Å². The van der Waals surface area contributed by atoms with Crippen LogP contribution in [0.5, 0.6) is 0 Å². The van der Waals surface area contributed by atoms with Gasteiger partial charge in [0.1, 0.15) is 5.82 Å². The first-order valence-corrected chi connectivity index (χ1v) is 9.06. The molecule has 4 rings (SSSR count). The van der Waals surface area contributed by atoms with E-state index >= 15 is 0 Å². The standard InChI is InChI=1S/C19H25FN4/c1-2-9-23-10-8-19-17(13-23)18(12-21-15-6-7-15)22-24(19)16-5-3-4-14(20)11-16/h3-5,11,15,21H,2,6-10,12-13H2,1H3. The van der Waals surface area contributed by atoms with Crippen molar-refractivity contribution in [3.05, 3.63) is 47.0 Å². The topological polar surface area (TPSA) is 33.1 Å². The molecule has 0 bridgehead atoms. The number of halogens is 1. The predicted octanol–water partition coefficient (Wildman–Crippen LogP) is 3.03. The highest BCUT2D eigenvalue weighted by molar-refractivity contribution is 5.39. The van der Waals surface area contributed by atoms with Crippen molar-refractivity contribution in [3.8, 4) is 5.69 Å². The van der Waals surface area contributed by atoms with Crippen LogP contribution in [0.15, 0.2) is 24.3 Å². The zero-order valence-corrected chi connectivity index (χ0v) is 14.3. The molecule has 1 saturated carbocycles. The van der Waals surface area contributed by atoms with Crippen LogP contribution in [-0.2, 0) is 19.5 Å². The second-order valence-corrected chi connectivity index (χ2v) is 6.94. The van der Waals surface area contributed by atoms with E-state index in [4.69, 9.17) is 5.10 Å². The second-order valence-electron chi connectivity index (χ2n) is 6.94. The summed E-state index contributed by atoms with van der Waals surface area (Å²) in [5, 5.41) is 8.44. The molecule has 4 nitrogen and oxygen atoms in total. The zero-order chi connectivity index (χ0) is 16.5. The molecule has 5 heteroatoms. The number of nitrogens with one attached hydrogen (secondary N) is 1. The van der Waals surface area contributed by atoms with Gasteiger partial charge in [-0.15, -0.1) is 0 Å². The Morgan fingerprint density at radius 1 is 1.33 bits per heavy atom. The molecule has 0 saturated heterocycles. The molecule has 2 aromatic rings. The van der Waals surface area contributed by atoms with Crippen LogP contribution in [0.25, 0.3) is 5.69 Å². The van der Waals surface area contributed by atoms with E-state index in [0.717, 1.165) is 44.0 Å². The third-order valence-corrected chi connectivity index (χ3v) is 4.95. The maximum absolute atomic E-state index is 13.7. The van der Waals surface area contributed by atoms with Crippen LogP contribution in [0, 0.1) is 5.82 Å². The Balaban J connectivity index is 1.68. The smallest absolute Gasteiger partial charge is 0.125 e. The van der Waals surface area contributed by atoms with Crippen molar-refractivity contribution in [2.75, 3.05) is 13.1 Å². The molecule has 0 spiro atoms. The molecule has 2 aliphatic rings. The summed E-state index contributed by atoms with van der Waals surface area (Å²) >= 11 is 0. The van der Waals surface area contributed by atoms with E-state index in [0.29, 0.717) is 6.04 Å². The number of hydrogen-bond donors (Lipinski definition) is 1. The van der Waals surface area contributed by atoms with E-state index in [1.165, 1.54) is 36.6 Å². The van der Waals surface area contributed by atoms with E-state index in [1.807, 2.05) is 10.7 Å². The SMILES string of the molecule is CCCN1CCc2c(c(CNC3CC3)nn2-c2cccc(F)c2)C1. The van der Waals surface area contributed by atoms with Crippen molar-refractivity contribution in [1.82, 2.24) is 20.0 Å². The number of fused-ring (bicyclic) bond motifs is 1. The number of nitrogens with zero attached hydrogens (tertiary/aromatic N) is 3. The summed E-state index contributed by atoms with van der Waals surface area (Å²) in [4.78, 5) is 2.50. The lowest BCUT2D eigenvalue weighted by atomic mass is 10.0. The third-order valence-electron chi connectivity index (χ3n) is 4.95. The fourth-order valence-electron chi connectivity index (χ4n) is 3.54. The molecule has 0 amide bonds. The lowest BCUT2D eigenvalue weighted by molar-refractivity contribution is 0.252. The van der Waals surface area contributed by atoms with Gasteiger partial charge in [-0.05, 0) is 44.0 Å². The quantitative estimate of drug-likeness (QED) is 0.885. The number of aromatic nitrogens is 2. The minimum atomic E-state index is -0.210. The Hall–Kier alpha value is -1.72. The molecular weight excluding hydrogens is 303 g/mol. The van der Waals surface area contributed by atoms with Gasteiger partial charge in [0.25, 0.3) is 0 Å². The van der Waals surface area contributed by atoms with Crippen LogP contribution in [-0.4, -0.2) is 33.8 Å². The Morgan fingerprint density at radius 3 is 2.96 bits per heavy atom. The summed E-state index contributed by atoms with van der Waals surface area (Å²) in [7, 11) is 0. The van der Waals surface area contributed by atoms with Crippen LogP contribution in [0.2, 0.25) is 0 Å². The van der Waals surface area contributed by atoms with Gasteiger partial charge in [0.15, 0.2) is 0 Å². The summed E-state index contributed by atoms with van der Waals surface area (Å²) in [5.74, 6) is -0.210. The molecule has 1 aromatic carbocycles. The van der Waals surface area contributed by atoms with Crippen molar-refractivity contribution >= 4 is 0 Å². The van der Waals surface area contributed by atoms with E-state index < -0.39 is 0 Å². The Labute approximate surface area is 142 Å². The van der Waals surface area contributed by atoms with E-state index in [1.54, 1.807) is 12.1 Å². The molecule has 1 N–H and O–H groups in total. The van der Waals surface area contributed by atoms with Gasteiger partial charge in [-0.1, -0.05) is 13.0 Å². The van der Waals surface area contributed by atoms with Crippen LogP contribution in [0.3, 0.4) is 0 Å². The van der Waals surface area contributed by atoms with Crippen LogP contribution < -0.4 is 5.32 Å². The highest BCUT2D eigenvalue weighted by Gasteiger charge is 2.27. The van der Waals surface area contributed by atoms with Crippen LogP contribution in [0.4, 0.5) is 4.39 Å². The van der Waals surface area contributed by atoms with Gasteiger partial charge in [-0.2, -0.15) is 5.10 Å². The molecule has 1 aromatic heterocycles. The highest BCUT2D eigenvalue weighted by atomic mass is 19.1. The zero-order valence-electron chi connectivity index (χ0n) is 14.3. The highest BCUT2D eigenvalue weighted by Crippen LogP contribution is 2.27. The van der Waals surface area contributed by atoms with Gasteiger partial charge in [-0.3, -0.25) is 4.90 Å². The first-order valence-electron chi connectivity index (χ1n) is 9.06. The minimum Gasteiger partial charge on any atom is -0.308 e. The predicted molar refractivity (Wildman–Crippen MR) is 92.7 cm³/mol. The van der Waals surface area contributed by atoms with E-state index in [2.05, 4.69) is 17.1 Å². The lowest BCUT2D eigenvalue weighted by Crippen LogP contribution is -2.32. The largest absolute Gasteiger partial charge is 0.308 e. The Morgan fingerprint density at radius 2 is 2.21 bits per heavy atom. The van der Waals surface area contributed by atoms with E-state index in [9.17, 15) is 4.39 Å². The fraction of sp³-hybridized carbons (Fsp3) is 0.526.